The van der Waals surface area contributed by atoms with Crippen LogP contribution in [0.3, 0.4) is 0 Å². The Labute approximate surface area is 168 Å². The van der Waals surface area contributed by atoms with Gasteiger partial charge in [0, 0.05) is 13.1 Å². The second-order valence-corrected chi connectivity index (χ2v) is 9.06. The predicted octanol–water partition coefficient (Wildman–Crippen LogP) is 2.60. The molecule has 0 bridgehead atoms. The molecule has 0 aliphatic carbocycles. The molecule has 2 atom stereocenters. The lowest BCUT2D eigenvalue weighted by atomic mass is 9.69. The minimum Gasteiger partial charge on any atom is -0.391 e. The number of nitrogens with one attached hydrogen (secondary N) is 1. The quantitative estimate of drug-likeness (QED) is 0.813. The van der Waals surface area contributed by atoms with Crippen molar-refractivity contribution < 1.29 is 14.7 Å². The van der Waals surface area contributed by atoms with Crippen LogP contribution in [0, 0.1) is 19.3 Å². The fourth-order valence-electron chi connectivity index (χ4n) is 4.41. The number of hydrogen-bond donors (Lipinski definition) is 2. The van der Waals surface area contributed by atoms with Crippen LogP contribution in [0.15, 0.2) is 30.3 Å². The number of piperidine rings is 2. The second kappa shape index (κ2) is 7.29. The van der Waals surface area contributed by atoms with Crippen molar-refractivity contribution in [1.82, 2.24) is 15.2 Å². The molecule has 2 aromatic rings. The van der Waals surface area contributed by atoms with Gasteiger partial charge >= 0.3 is 0 Å². The summed E-state index contributed by atoms with van der Waals surface area (Å²) in [6, 6.07) is 9.21. The zero-order valence-corrected chi connectivity index (χ0v) is 17.0. The average Bonchev–Trinajstić information content (AvgIpc) is 3.03. The number of aromatic nitrogens is 1. The molecule has 0 unspecified atom stereocenters. The Hall–Kier alpha value is -2.25. The zero-order chi connectivity index (χ0) is 19.9. The molecule has 2 fully saturated rings. The highest BCUT2D eigenvalue weighted by molar-refractivity contribution is 7.13. The second-order valence-electron chi connectivity index (χ2n) is 7.85. The van der Waals surface area contributed by atoms with Gasteiger partial charge in [0.25, 0.3) is 5.91 Å². The molecule has 2 aliphatic rings. The Bertz CT molecular complexity index is 888. The number of aliphatic hydroxyl groups excluding tert-OH is 1. The van der Waals surface area contributed by atoms with Gasteiger partial charge in [-0.05, 0) is 38.7 Å². The van der Waals surface area contributed by atoms with Gasteiger partial charge in [-0.3, -0.25) is 9.59 Å². The number of amides is 2. The Kier molecular flexibility index (Phi) is 4.97. The van der Waals surface area contributed by atoms with Crippen LogP contribution in [0.1, 0.15) is 51.2 Å². The Balaban J connectivity index is 1.45. The molecule has 2 amide bonds. The molecule has 148 valence electrons. The molecule has 1 spiro atoms. The third-order valence-corrected chi connectivity index (χ3v) is 7.08. The van der Waals surface area contributed by atoms with Gasteiger partial charge in [0.15, 0.2) is 0 Å². The van der Waals surface area contributed by atoms with E-state index in [-0.39, 0.29) is 17.9 Å². The van der Waals surface area contributed by atoms with Gasteiger partial charge in [0.1, 0.15) is 4.88 Å². The fourth-order valence-corrected chi connectivity index (χ4v) is 5.30. The first-order chi connectivity index (χ1) is 13.4. The largest absolute Gasteiger partial charge is 0.391 e. The van der Waals surface area contributed by atoms with Gasteiger partial charge in [-0.2, -0.15) is 0 Å². The summed E-state index contributed by atoms with van der Waals surface area (Å²) in [5, 5.41) is 14.7. The summed E-state index contributed by atoms with van der Waals surface area (Å²) in [6.45, 7) is 4.80. The first-order valence-corrected chi connectivity index (χ1v) is 10.5. The normalized spacial score (nSPS) is 24.2. The molecular weight excluding hydrogens is 374 g/mol. The van der Waals surface area contributed by atoms with E-state index in [0.29, 0.717) is 37.2 Å². The maximum absolute atomic E-state index is 13.0. The number of aliphatic hydroxyl groups is 1. The first kappa shape index (κ1) is 19.1. The Morgan fingerprint density at radius 3 is 2.54 bits per heavy atom. The molecule has 28 heavy (non-hydrogen) atoms. The summed E-state index contributed by atoms with van der Waals surface area (Å²) < 4.78 is 0. The summed E-state index contributed by atoms with van der Waals surface area (Å²) in [6.07, 6.45) is 0.938. The maximum atomic E-state index is 13.0. The highest BCUT2D eigenvalue weighted by Gasteiger charge is 2.49. The number of thiazole rings is 1. The standard InChI is InChI=1S/C21H25N3O3S/c1-13-18(28-14(2)22-13)19(26)24-10-8-21(9-11-24)12-16(25)17(23-20(21)27)15-6-4-3-5-7-15/h3-7,16-17,25H,8-12H2,1-2H3,(H,23,27)/t16-,17+/m1/s1. The van der Waals surface area contributed by atoms with Crippen molar-refractivity contribution in [1.29, 1.82) is 0 Å². The van der Waals surface area contributed by atoms with E-state index in [0.717, 1.165) is 16.3 Å². The summed E-state index contributed by atoms with van der Waals surface area (Å²) in [7, 11) is 0. The van der Waals surface area contributed by atoms with Crippen LogP contribution in [0.4, 0.5) is 0 Å². The van der Waals surface area contributed by atoms with E-state index in [9.17, 15) is 14.7 Å². The Morgan fingerprint density at radius 2 is 1.93 bits per heavy atom. The van der Waals surface area contributed by atoms with E-state index >= 15 is 0 Å². The highest BCUT2D eigenvalue weighted by Crippen LogP contribution is 2.43. The van der Waals surface area contributed by atoms with Crippen LogP contribution in [-0.2, 0) is 4.79 Å². The van der Waals surface area contributed by atoms with Gasteiger partial charge in [0.2, 0.25) is 5.91 Å². The molecule has 0 radical (unpaired) electrons. The number of nitrogens with zero attached hydrogens (tertiary/aromatic N) is 2. The number of rotatable bonds is 2. The lowest BCUT2D eigenvalue weighted by Gasteiger charge is -2.46. The van der Waals surface area contributed by atoms with Crippen molar-refractivity contribution in [2.45, 2.75) is 45.3 Å². The molecule has 1 aromatic heterocycles. The lowest BCUT2D eigenvalue weighted by Crippen LogP contribution is -2.57. The number of carbonyl (C=O) groups excluding carboxylic acids is 2. The van der Waals surface area contributed by atoms with Crippen LogP contribution >= 0.6 is 11.3 Å². The Morgan fingerprint density at radius 1 is 1.25 bits per heavy atom. The number of carbonyl (C=O) groups is 2. The molecule has 1 aromatic carbocycles. The summed E-state index contributed by atoms with van der Waals surface area (Å²) >= 11 is 1.42. The fraction of sp³-hybridized carbons (Fsp3) is 0.476. The van der Waals surface area contributed by atoms with Crippen molar-refractivity contribution in [2.75, 3.05) is 13.1 Å². The molecule has 7 heteroatoms. The summed E-state index contributed by atoms with van der Waals surface area (Å²) in [5.41, 5.74) is 1.09. The van der Waals surface area contributed by atoms with Crippen molar-refractivity contribution in [2.24, 2.45) is 5.41 Å². The van der Waals surface area contributed by atoms with Gasteiger partial charge in [-0.15, -0.1) is 11.3 Å². The minimum absolute atomic E-state index is 0.00289. The molecule has 2 aliphatic heterocycles. The van der Waals surface area contributed by atoms with E-state index in [2.05, 4.69) is 10.3 Å². The number of aryl methyl sites for hydroxylation is 2. The van der Waals surface area contributed by atoms with Crippen molar-refractivity contribution in [3.8, 4) is 0 Å². The topological polar surface area (TPSA) is 82.5 Å². The molecule has 4 rings (SSSR count). The van der Waals surface area contributed by atoms with E-state index in [1.54, 1.807) is 0 Å². The van der Waals surface area contributed by atoms with E-state index in [1.165, 1.54) is 11.3 Å². The average molecular weight is 400 g/mol. The van der Waals surface area contributed by atoms with Crippen LogP contribution in [-0.4, -0.2) is 46.0 Å². The van der Waals surface area contributed by atoms with Gasteiger partial charge < -0.3 is 15.3 Å². The SMILES string of the molecule is Cc1nc(C)c(C(=O)N2CCC3(CC2)C[C@@H](O)[C@H](c2ccccc2)NC3=O)s1. The van der Waals surface area contributed by atoms with Crippen LogP contribution < -0.4 is 5.32 Å². The third-order valence-electron chi connectivity index (χ3n) is 6.02. The molecule has 3 heterocycles. The number of likely N-dealkylation sites (tertiary alicyclic amines) is 1. The minimum atomic E-state index is -0.631. The first-order valence-electron chi connectivity index (χ1n) is 9.67. The van der Waals surface area contributed by atoms with Crippen LogP contribution in [0.2, 0.25) is 0 Å². The molecule has 2 saturated heterocycles. The zero-order valence-electron chi connectivity index (χ0n) is 16.1. The lowest BCUT2D eigenvalue weighted by molar-refractivity contribution is -0.143. The summed E-state index contributed by atoms with van der Waals surface area (Å²) in [5.74, 6) is -0.0135. The number of benzene rings is 1. The van der Waals surface area contributed by atoms with Crippen molar-refractivity contribution >= 4 is 23.2 Å². The van der Waals surface area contributed by atoms with Gasteiger partial charge in [-0.1, -0.05) is 30.3 Å². The van der Waals surface area contributed by atoms with Gasteiger partial charge in [-0.25, -0.2) is 4.98 Å². The van der Waals surface area contributed by atoms with Crippen molar-refractivity contribution in [3.63, 3.8) is 0 Å². The smallest absolute Gasteiger partial charge is 0.265 e. The summed E-state index contributed by atoms with van der Waals surface area (Å²) in [4.78, 5) is 32.6. The molecule has 6 nitrogen and oxygen atoms in total. The predicted molar refractivity (Wildman–Crippen MR) is 107 cm³/mol. The third kappa shape index (κ3) is 3.33. The highest BCUT2D eigenvalue weighted by atomic mass is 32.1. The van der Waals surface area contributed by atoms with E-state index in [4.69, 9.17) is 0 Å². The van der Waals surface area contributed by atoms with E-state index in [1.807, 2.05) is 49.1 Å². The van der Waals surface area contributed by atoms with Crippen LogP contribution in [0.5, 0.6) is 0 Å². The molecular formula is C21H25N3O3S. The maximum Gasteiger partial charge on any atom is 0.265 e. The van der Waals surface area contributed by atoms with Crippen LogP contribution in [0.25, 0.3) is 0 Å². The monoisotopic (exact) mass is 399 g/mol. The van der Waals surface area contributed by atoms with Gasteiger partial charge in [0.05, 0.1) is 28.3 Å². The molecule has 2 N–H and O–H groups in total. The molecule has 0 saturated carbocycles. The van der Waals surface area contributed by atoms with Crippen molar-refractivity contribution in [3.05, 3.63) is 51.5 Å². The number of hydrogen-bond acceptors (Lipinski definition) is 5. The van der Waals surface area contributed by atoms with E-state index < -0.39 is 11.5 Å².